The Balaban J connectivity index is 1.40. The Morgan fingerprint density at radius 3 is 2.75 bits per heavy atom. The monoisotopic (exact) mass is 410 g/mol. The highest BCUT2D eigenvalue weighted by atomic mass is 79.9. The molecule has 0 radical (unpaired) electrons. The van der Waals surface area contributed by atoms with Gasteiger partial charge in [0.25, 0.3) is 0 Å². The van der Waals surface area contributed by atoms with Crippen LogP contribution in [0.5, 0.6) is 0 Å². The lowest BCUT2D eigenvalue weighted by atomic mass is 10.1. The second kappa shape index (κ2) is 8.99. The summed E-state index contributed by atoms with van der Waals surface area (Å²) in [6.07, 6.45) is 3.93. The summed E-state index contributed by atoms with van der Waals surface area (Å²) in [7, 11) is 1.86. The Labute approximate surface area is 158 Å². The first-order valence-electron chi connectivity index (χ1n) is 8.81. The van der Waals surface area contributed by atoms with Crippen LogP contribution in [0.4, 0.5) is 5.69 Å². The van der Waals surface area contributed by atoms with Crippen molar-refractivity contribution in [2.75, 3.05) is 43.9 Å². The van der Waals surface area contributed by atoms with Gasteiger partial charge in [0.2, 0.25) is 0 Å². The Morgan fingerprint density at radius 1 is 1.25 bits per heavy atom. The number of aliphatic imine (C=N–C) groups is 1. The minimum absolute atomic E-state index is 0.674. The molecule has 0 aliphatic carbocycles. The lowest BCUT2D eigenvalue weighted by molar-refractivity contribution is 0.565. The van der Waals surface area contributed by atoms with Crippen molar-refractivity contribution in [3.8, 4) is 0 Å². The van der Waals surface area contributed by atoms with Crippen LogP contribution < -0.4 is 15.5 Å². The van der Waals surface area contributed by atoms with Gasteiger partial charge in [-0.3, -0.25) is 4.99 Å². The fourth-order valence-electron chi connectivity index (χ4n) is 3.36. The van der Waals surface area contributed by atoms with Gasteiger partial charge >= 0.3 is 0 Å². The van der Waals surface area contributed by atoms with Crippen LogP contribution in [0.1, 0.15) is 19.3 Å². The molecule has 0 amide bonds. The second-order valence-electron chi connectivity index (χ2n) is 6.55. The van der Waals surface area contributed by atoms with Crippen LogP contribution in [0.25, 0.3) is 0 Å². The predicted molar refractivity (Wildman–Crippen MR) is 109 cm³/mol. The minimum Gasteiger partial charge on any atom is -0.371 e. The van der Waals surface area contributed by atoms with Crippen molar-refractivity contribution in [1.82, 2.24) is 10.6 Å². The number of hydrogen-bond acceptors (Lipinski definition) is 3. The summed E-state index contributed by atoms with van der Waals surface area (Å²) < 4.78 is 1.14. The summed E-state index contributed by atoms with van der Waals surface area (Å²) in [5.41, 5.74) is 1.32. The van der Waals surface area contributed by atoms with Crippen LogP contribution in [0.15, 0.2) is 33.7 Å². The van der Waals surface area contributed by atoms with E-state index in [4.69, 9.17) is 0 Å². The Kier molecular flexibility index (Phi) is 6.72. The summed E-state index contributed by atoms with van der Waals surface area (Å²) in [5.74, 6) is 2.93. The molecule has 2 heterocycles. The topological polar surface area (TPSA) is 39.7 Å². The third kappa shape index (κ3) is 5.06. The number of halogens is 1. The summed E-state index contributed by atoms with van der Waals surface area (Å²) in [6.45, 7) is 4.27. The standard InChI is InChI=1S/C18H27BrN4S/c1-20-18(22-12-17-3-2-10-24-17)21-11-14-8-9-23(13-14)16-6-4-15(19)5-7-16/h4-7,14,17H,2-3,8-13H2,1H3,(H2,20,21,22). The number of benzene rings is 1. The van der Waals surface area contributed by atoms with Crippen LogP contribution >= 0.6 is 27.7 Å². The third-order valence-electron chi connectivity index (χ3n) is 4.78. The van der Waals surface area contributed by atoms with E-state index in [1.54, 1.807) is 0 Å². The van der Waals surface area contributed by atoms with E-state index < -0.39 is 0 Å². The average Bonchev–Trinajstić information content (AvgIpc) is 3.27. The quantitative estimate of drug-likeness (QED) is 0.576. The largest absolute Gasteiger partial charge is 0.371 e. The molecule has 0 aromatic heterocycles. The summed E-state index contributed by atoms with van der Waals surface area (Å²) >= 11 is 5.59. The third-order valence-corrected chi connectivity index (χ3v) is 6.71. The van der Waals surface area contributed by atoms with Crippen molar-refractivity contribution in [2.45, 2.75) is 24.5 Å². The Bertz CT molecular complexity index is 542. The molecule has 2 unspecified atom stereocenters. The van der Waals surface area contributed by atoms with Gasteiger partial charge in [-0.25, -0.2) is 0 Å². The van der Waals surface area contributed by atoms with Crippen LogP contribution in [0.3, 0.4) is 0 Å². The van der Waals surface area contributed by atoms with Crippen LogP contribution in [-0.2, 0) is 0 Å². The van der Waals surface area contributed by atoms with E-state index >= 15 is 0 Å². The molecule has 0 bridgehead atoms. The fraction of sp³-hybridized carbons (Fsp3) is 0.611. The molecule has 1 aromatic rings. The molecule has 132 valence electrons. The Hall–Kier alpha value is -0.880. The molecule has 6 heteroatoms. The highest BCUT2D eigenvalue weighted by molar-refractivity contribution is 9.10. The number of guanidine groups is 1. The SMILES string of the molecule is CN=C(NCC1CCN(c2ccc(Br)cc2)C1)NCC1CCCS1. The van der Waals surface area contributed by atoms with E-state index in [1.807, 2.05) is 7.05 Å². The molecule has 2 fully saturated rings. The van der Waals surface area contributed by atoms with Crippen LogP contribution in [-0.4, -0.2) is 50.2 Å². The van der Waals surface area contributed by atoms with Gasteiger partial charge < -0.3 is 15.5 Å². The van der Waals surface area contributed by atoms with Gasteiger partial charge in [-0.1, -0.05) is 15.9 Å². The first-order valence-corrected chi connectivity index (χ1v) is 10.7. The first-order chi connectivity index (χ1) is 11.7. The van der Waals surface area contributed by atoms with Crippen molar-refractivity contribution < 1.29 is 0 Å². The van der Waals surface area contributed by atoms with E-state index in [0.717, 1.165) is 41.9 Å². The smallest absolute Gasteiger partial charge is 0.191 e. The number of nitrogens with zero attached hydrogens (tertiary/aromatic N) is 2. The van der Waals surface area contributed by atoms with E-state index in [-0.39, 0.29) is 0 Å². The van der Waals surface area contributed by atoms with E-state index in [0.29, 0.717) is 5.92 Å². The molecule has 24 heavy (non-hydrogen) atoms. The molecule has 1 aromatic carbocycles. The van der Waals surface area contributed by atoms with Crippen molar-refractivity contribution in [3.63, 3.8) is 0 Å². The zero-order valence-corrected chi connectivity index (χ0v) is 16.7. The maximum atomic E-state index is 4.36. The number of nitrogens with one attached hydrogen (secondary N) is 2. The molecule has 2 saturated heterocycles. The minimum atomic E-state index is 0.674. The molecule has 2 aliphatic heterocycles. The fourth-order valence-corrected chi connectivity index (χ4v) is 4.83. The average molecular weight is 411 g/mol. The second-order valence-corrected chi connectivity index (χ2v) is 8.87. The van der Waals surface area contributed by atoms with Gasteiger partial charge in [-0.05, 0) is 55.2 Å². The molecule has 2 atom stereocenters. The van der Waals surface area contributed by atoms with E-state index in [9.17, 15) is 0 Å². The van der Waals surface area contributed by atoms with Gasteiger partial charge in [0, 0.05) is 48.6 Å². The molecule has 2 aliphatic rings. The van der Waals surface area contributed by atoms with Gasteiger partial charge in [0.15, 0.2) is 5.96 Å². The van der Waals surface area contributed by atoms with Crippen LogP contribution in [0, 0.1) is 5.92 Å². The zero-order chi connectivity index (χ0) is 16.8. The summed E-state index contributed by atoms with van der Waals surface area (Å²) in [6, 6.07) is 8.63. The predicted octanol–water partition coefficient (Wildman–Crippen LogP) is 3.34. The zero-order valence-electron chi connectivity index (χ0n) is 14.3. The highest BCUT2D eigenvalue weighted by Gasteiger charge is 2.23. The molecule has 4 nitrogen and oxygen atoms in total. The first kappa shape index (κ1) is 17.9. The number of rotatable bonds is 5. The van der Waals surface area contributed by atoms with Crippen molar-refractivity contribution in [3.05, 3.63) is 28.7 Å². The summed E-state index contributed by atoms with van der Waals surface area (Å²) in [4.78, 5) is 6.84. The van der Waals surface area contributed by atoms with Gasteiger partial charge in [0.05, 0.1) is 0 Å². The number of hydrogen-bond donors (Lipinski definition) is 2. The lowest BCUT2D eigenvalue weighted by Crippen LogP contribution is -2.42. The van der Waals surface area contributed by atoms with Gasteiger partial charge in [-0.2, -0.15) is 11.8 Å². The number of thioether (sulfide) groups is 1. The summed E-state index contributed by atoms with van der Waals surface area (Å²) in [5, 5.41) is 7.75. The van der Waals surface area contributed by atoms with E-state index in [2.05, 4.69) is 72.5 Å². The molecular weight excluding hydrogens is 384 g/mol. The highest BCUT2D eigenvalue weighted by Crippen LogP contribution is 2.26. The van der Waals surface area contributed by atoms with E-state index in [1.165, 1.54) is 30.7 Å². The van der Waals surface area contributed by atoms with Crippen LogP contribution in [0.2, 0.25) is 0 Å². The van der Waals surface area contributed by atoms with Crippen molar-refractivity contribution >= 4 is 39.3 Å². The lowest BCUT2D eigenvalue weighted by Gasteiger charge is -2.20. The van der Waals surface area contributed by atoms with Crippen molar-refractivity contribution in [2.24, 2.45) is 10.9 Å². The maximum Gasteiger partial charge on any atom is 0.191 e. The number of anilines is 1. The Morgan fingerprint density at radius 2 is 2.04 bits per heavy atom. The maximum absolute atomic E-state index is 4.36. The normalized spacial score (nSPS) is 24.4. The molecule has 0 saturated carbocycles. The van der Waals surface area contributed by atoms with Crippen molar-refractivity contribution in [1.29, 1.82) is 0 Å². The molecule has 3 rings (SSSR count). The molecule has 0 spiro atoms. The molecular formula is C18H27BrN4S. The molecule has 2 N–H and O–H groups in total. The van der Waals surface area contributed by atoms with Gasteiger partial charge in [0.1, 0.15) is 0 Å². The van der Waals surface area contributed by atoms with Gasteiger partial charge in [-0.15, -0.1) is 0 Å².